The van der Waals surface area contributed by atoms with E-state index in [0.717, 1.165) is 17.8 Å². The normalized spacial score (nSPS) is 10.3. The van der Waals surface area contributed by atoms with Crippen molar-refractivity contribution < 1.29 is 33.5 Å². The highest BCUT2D eigenvalue weighted by molar-refractivity contribution is 8.00. The number of esters is 1. The molecule has 0 bridgehead atoms. The smallest absolute Gasteiger partial charge is 0.325 e. The molecule has 12 heteroatoms. The predicted molar refractivity (Wildman–Crippen MR) is 119 cm³/mol. The van der Waals surface area contributed by atoms with Gasteiger partial charge in [-0.1, -0.05) is 0 Å². The van der Waals surface area contributed by atoms with Gasteiger partial charge in [0.15, 0.2) is 0 Å². The molecule has 0 fully saturated rings. The van der Waals surface area contributed by atoms with E-state index in [4.69, 9.17) is 15.2 Å². The van der Waals surface area contributed by atoms with Gasteiger partial charge in [0.05, 0.1) is 36.9 Å². The van der Waals surface area contributed by atoms with Crippen LogP contribution in [-0.2, 0) is 20.9 Å². The van der Waals surface area contributed by atoms with Crippen molar-refractivity contribution in [3.63, 3.8) is 0 Å². The fourth-order valence-corrected chi connectivity index (χ4v) is 3.70. The molecule has 0 heterocycles. The number of hydrogen-bond acceptors (Lipinski definition) is 9. The zero-order chi connectivity index (χ0) is 24.5. The summed E-state index contributed by atoms with van der Waals surface area (Å²) in [4.78, 5) is 48.3. The lowest BCUT2D eigenvalue weighted by molar-refractivity contribution is -0.387. The molecule has 176 valence electrons. The Morgan fingerprint density at radius 1 is 1.06 bits per heavy atom. The van der Waals surface area contributed by atoms with Gasteiger partial charge in [0.2, 0.25) is 11.8 Å². The van der Waals surface area contributed by atoms with Gasteiger partial charge < -0.3 is 24.8 Å². The van der Waals surface area contributed by atoms with Gasteiger partial charge >= 0.3 is 5.97 Å². The van der Waals surface area contributed by atoms with Crippen molar-refractivity contribution >= 4 is 35.2 Å². The maximum absolute atomic E-state index is 12.9. The molecule has 0 saturated heterocycles. The van der Waals surface area contributed by atoms with E-state index >= 15 is 0 Å². The first-order valence-electron chi connectivity index (χ1n) is 9.46. The number of nitrogens with two attached hydrogens (primary N) is 1. The number of benzene rings is 2. The van der Waals surface area contributed by atoms with Crippen LogP contribution in [0.15, 0.2) is 41.3 Å². The van der Waals surface area contributed by atoms with Crippen LogP contribution in [0.25, 0.3) is 0 Å². The minimum absolute atomic E-state index is 0.0170. The Hall–Kier alpha value is -3.80. The summed E-state index contributed by atoms with van der Waals surface area (Å²) in [6.07, 6.45) is 0. The molecule has 2 N–H and O–H groups in total. The largest absolute Gasteiger partial charge is 0.497 e. The molecule has 0 spiro atoms. The van der Waals surface area contributed by atoms with Gasteiger partial charge in [0.1, 0.15) is 18.0 Å². The molecule has 0 aromatic heterocycles. The zero-order valence-electron chi connectivity index (χ0n) is 18.2. The molecular weight excluding hydrogens is 454 g/mol. The zero-order valence-corrected chi connectivity index (χ0v) is 19.0. The number of amides is 2. The average molecular weight is 477 g/mol. The first kappa shape index (κ1) is 25.5. The minimum Gasteiger partial charge on any atom is -0.497 e. The Labute approximate surface area is 193 Å². The van der Waals surface area contributed by atoms with E-state index in [-0.39, 0.29) is 35.0 Å². The molecule has 0 aliphatic rings. The number of primary amides is 1. The second-order valence-corrected chi connectivity index (χ2v) is 7.66. The van der Waals surface area contributed by atoms with E-state index in [1.807, 2.05) is 0 Å². The summed E-state index contributed by atoms with van der Waals surface area (Å²) in [6, 6.07) is 8.82. The Morgan fingerprint density at radius 3 is 2.21 bits per heavy atom. The lowest BCUT2D eigenvalue weighted by Gasteiger charge is -2.22. The van der Waals surface area contributed by atoms with Crippen LogP contribution in [0.3, 0.4) is 0 Å². The first-order chi connectivity index (χ1) is 15.7. The Morgan fingerprint density at radius 2 is 1.70 bits per heavy atom. The fourth-order valence-electron chi connectivity index (χ4n) is 2.80. The monoisotopic (exact) mass is 477 g/mol. The highest BCUT2D eigenvalue weighted by atomic mass is 32.2. The van der Waals surface area contributed by atoms with E-state index in [1.165, 1.54) is 38.4 Å². The SMILES string of the molecule is COC(=O)CN(Cc1cc(OC)cc(OC)c1)C(=O)CSc1ccc(C(N)=O)cc1[N+](=O)[O-]. The van der Waals surface area contributed by atoms with Crippen molar-refractivity contribution in [2.24, 2.45) is 5.73 Å². The lowest BCUT2D eigenvalue weighted by Crippen LogP contribution is -2.36. The van der Waals surface area contributed by atoms with Crippen molar-refractivity contribution in [1.82, 2.24) is 4.90 Å². The number of ether oxygens (including phenoxy) is 3. The molecular formula is C21H23N3O8S. The molecule has 2 aromatic rings. The maximum atomic E-state index is 12.9. The topological polar surface area (TPSA) is 151 Å². The third-order valence-electron chi connectivity index (χ3n) is 4.48. The van der Waals surface area contributed by atoms with Crippen molar-refractivity contribution in [3.05, 3.63) is 57.6 Å². The van der Waals surface area contributed by atoms with Crippen molar-refractivity contribution in [2.75, 3.05) is 33.6 Å². The molecule has 0 aliphatic carbocycles. The Kier molecular flexibility index (Phi) is 9.04. The first-order valence-corrected chi connectivity index (χ1v) is 10.4. The van der Waals surface area contributed by atoms with Gasteiger partial charge in [-0.3, -0.25) is 24.5 Å². The number of thioether (sulfide) groups is 1. The van der Waals surface area contributed by atoms with Crippen LogP contribution < -0.4 is 15.2 Å². The fraction of sp³-hybridized carbons (Fsp3) is 0.286. The third kappa shape index (κ3) is 7.10. The van der Waals surface area contributed by atoms with Crippen LogP contribution in [0, 0.1) is 10.1 Å². The number of carbonyl (C=O) groups is 3. The van der Waals surface area contributed by atoms with Crippen LogP contribution in [-0.4, -0.2) is 61.2 Å². The summed E-state index contributed by atoms with van der Waals surface area (Å²) >= 11 is 0.906. The minimum atomic E-state index is -0.802. The molecule has 2 amide bonds. The highest BCUT2D eigenvalue weighted by Crippen LogP contribution is 2.30. The molecule has 11 nitrogen and oxygen atoms in total. The quantitative estimate of drug-likeness (QED) is 0.222. The van der Waals surface area contributed by atoms with Crippen LogP contribution in [0.1, 0.15) is 15.9 Å². The molecule has 0 atom stereocenters. The molecule has 2 aromatic carbocycles. The molecule has 0 aliphatic heterocycles. The predicted octanol–water partition coefficient (Wildman–Crippen LogP) is 2.00. The van der Waals surface area contributed by atoms with E-state index < -0.39 is 22.7 Å². The van der Waals surface area contributed by atoms with Crippen LogP contribution >= 0.6 is 11.8 Å². The van der Waals surface area contributed by atoms with Crippen molar-refractivity contribution in [1.29, 1.82) is 0 Å². The number of hydrogen-bond donors (Lipinski definition) is 1. The van der Waals surface area contributed by atoms with Crippen LogP contribution in [0.2, 0.25) is 0 Å². The average Bonchev–Trinajstić information content (AvgIpc) is 2.81. The van der Waals surface area contributed by atoms with Gasteiger partial charge in [-0.2, -0.15) is 0 Å². The number of nitro benzene ring substituents is 1. The molecule has 0 saturated carbocycles. The summed E-state index contributed by atoms with van der Waals surface area (Å²) in [5.74, 6) is -1.07. The molecule has 2 rings (SSSR count). The molecule has 33 heavy (non-hydrogen) atoms. The van der Waals surface area contributed by atoms with E-state index in [9.17, 15) is 24.5 Å². The summed E-state index contributed by atoms with van der Waals surface area (Å²) in [7, 11) is 4.18. The van der Waals surface area contributed by atoms with Gasteiger partial charge in [0, 0.05) is 24.2 Å². The highest BCUT2D eigenvalue weighted by Gasteiger charge is 2.22. The van der Waals surface area contributed by atoms with Gasteiger partial charge in [-0.05, 0) is 29.8 Å². The molecule has 0 radical (unpaired) electrons. The summed E-state index contributed by atoms with van der Waals surface area (Å²) in [5.41, 5.74) is 5.46. The third-order valence-corrected chi connectivity index (χ3v) is 5.52. The maximum Gasteiger partial charge on any atom is 0.325 e. The Balaban J connectivity index is 2.24. The summed E-state index contributed by atoms with van der Waals surface area (Å²) in [5, 5.41) is 11.4. The van der Waals surface area contributed by atoms with Crippen LogP contribution in [0.4, 0.5) is 5.69 Å². The molecule has 0 unspecified atom stereocenters. The number of rotatable bonds is 11. The summed E-state index contributed by atoms with van der Waals surface area (Å²) in [6.45, 7) is -0.275. The number of methoxy groups -OCH3 is 3. The summed E-state index contributed by atoms with van der Waals surface area (Å²) < 4.78 is 15.2. The van der Waals surface area contributed by atoms with Crippen molar-refractivity contribution in [2.45, 2.75) is 11.4 Å². The number of carbonyl (C=O) groups excluding carboxylic acids is 3. The standard InChI is InChI=1S/C21H23N3O8S/c1-30-15-6-13(7-16(9-15)31-2)10-23(11-20(26)32-3)19(25)12-33-18-5-4-14(21(22)27)8-17(18)24(28)29/h4-9H,10-12H2,1-3H3,(H2,22,27). The second-order valence-electron chi connectivity index (χ2n) is 6.64. The van der Waals surface area contributed by atoms with Gasteiger partial charge in [0.25, 0.3) is 5.69 Å². The van der Waals surface area contributed by atoms with Crippen molar-refractivity contribution in [3.8, 4) is 11.5 Å². The lowest BCUT2D eigenvalue weighted by atomic mass is 10.2. The van der Waals surface area contributed by atoms with Crippen LogP contribution in [0.5, 0.6) is 11.5 Å². The number of nitrogens with zero attached hydrogens (tertiary/aromatic N) is 2. The van der Waals surface area contributed by atoms with E-state index in [0.29, 0.717) is 17.1 Å². The second kappa shape index (κ2) is 11.7. The van der Waals surface area contributed by atoms with E-state index in [1.54, 1.807) is 18.2 Å². The van der Waals surface area contributed by atoms with Gasteiger partial charge in [-0.15, -0.1) is 11.8 Å². The van der Waals surface area contributed by atoms with Gasteiger partial charge in [-0.25, -0.2) is 0 Å². The Bertz CT molecular complexity index is 1040. The number of nitro groups is 1. The van der Waals surface area contributed by atoms with E-state index in [2.05, 4.69) is 4.74 Å².